The molecule has 0 heterocycles. The van der Waals surface area contributed by atoms with Crippen LogP contribution in [0.1, 0.15) is 36.5 Å². The Hall–Kier alpha value is -1.37. The molecule has 2 rings (SSSR count). The number of fused-ring (bicyclic) bond motifs is 1. The third kappa shape index (κ3) is 1.39. The molecule has 0 saturated carbocycles. The van der Waals surface area contributed by atoms with Crippen molar-refractivity contribution < 1.29 is 4.79 Å². The van der Waals surface area contributed by atoms with Crippen LogP contribution in [0.4, 0.5) is 0 Å². The van der Waals surface area contributed by atoms with Crippen molar-refractivity contribution in [1.29, 1.82) is 0 Å². The summed E-state index contributed by atoms with van der Waals surface area (Å²) in [6.07, 6.45) is 3.85. The Morgan fingerprint density at radius 1 is 1.36 bits per heavy atom. The standard InChI is InChI=1S/C13H14O/c1-9(2)10-5-6-13-11(7-10)3-4-12(13)8-14/h4-9H,3H2,1-2H3. The van der Waals surface area contributed by atoms with Crippen molar-refractivity contribution in [1.82, 2.24) is 0 Å². The van der Waals surface area contributed by atoms with Gasteiger partial charge in [-0.2, -0.15) is 0 Å². The molecule has 1 heteroatoms. The third-order valence-corrected chi connectivity index (χ3v) is 2.78. The first kappa shape index (κ1) is 9.20. The van der Waals surface area contributed by atoms with Gasteiger partial charge in [-0.3, -0.25) is 4.79 Å². The van der Waals surface area contributed by atoms with Crippen LogP contribution < -0.4 is 0 Å². The smallest absolute Gasteiger partial charge is 0.150 e. The Morgan fingerprint density at radius 3 is 2.79 bits per heavy atom. The van der Waals surface area contributed by atoms with E-state index in [-0.39, 0.29) is 0 Å². The van der Waals surface area contributed by atoms with Crippen molar-refractivity contribution in [2.45, 2.75) is 26.2 Å². The molecule has 0 aliphatic heterocycles. The molecule has 0 fully saturated rings. The van der Waals surface area contributed by atoms with Gasteiger partial charge in [-0.15, -0.1) is 0 Å². The maximum Gasteiger partial charge on any atom is 0.150 e. The molecule has 0 radical (unpaired) electrons. The maximum absolute atomic E-state index is 10.7. The molecule has 1 aromatic carbocycles. The molecule has 0 bridgehead atoms. The second-order valence-corrected chi connectivity index (χ2v) is 4.05. The molecule has 1 aromatic rings. The van der Waals surface area contributed by atoms with Gasteiger partial charge >= 0.3 is 0 Å². The maximum atomic E-state index is 10.7. The summed E-state index contributed by atoms with van der Waals surface area (Å²) in [7, 11) is 0. The highest BCUT2D eigenvalue weighted by atomic mass is 16.1. The van der Waals surface area contributed by atoms with Gasteiger partial charge in [0.2, 0.25) is 0 Å². The van der Waals surface area contributed by atoms with E-state index in [1.54, 1.807) is 0 Å². The number of carbonyl (C=O) groups excluding carboxylic acids is 1. The zero-order valence-corrected chi connectivity index (χ0v) is 8.58. The van der Waals surface area contributed by atoms with Gasteiger partial charge in [0.1, 0.15) is 6.29 Å². The summed E-state index contributed by atoms with van der Waals surface area (Å²) >= 11 is 0. The van der Waals surface area contributed by atoms with Crippen molar-refractivity contribution in [2.75, 3.05) is 0 Å². The average Bonchev–Trinajstić information content (AvgIpc) is 2.59. The van der Waals surface area contributed by atoms with Crippen molar-refractivity contribution >= 4 is 11.9 Å². The molecule has 72 valence electrons. The van der Waals surface area contributed by atoms with E-state index in [1.807, 2.05) is 6.08 Å². The number of allylic oxidation sites excluding steroid dienone is 2. The van der Waals surface area contributed by atoms with Gasteiger partial charge in [0.05, 0.1) is 0 Å². The third-order valence-electron chi connectivity index (χ3n) is 2.78. The first-order valence-electron chi connectivity index (χ1n) is 5.01. The predicted octanol–water partition coefficient (Wildman–Crippen LogP) is 2.95. The molecule has 14 heavy (non-hydrogen) atoms. The molecular formula is C13H14O. The second kappa shape index (κ2) is 3.41. The predicted molar refractivity (Wildman–Crippen MR) is 58.3 cm³/mol. The van der Waals surface area contributed by atoms with Crippen molar-refractivity contribution in [3.8, 4) is 0 Å². The fourth-order valence-corrected chi connectivity index (χ4v) is 1.86. The van der Waals surface area contributed by atoms with Gasteiger partial charge in [0.25, 0.3) is 0 Å². The molecule has 1 aliphatic rings. The van der Waals surface area contributed by atoms with Crippen LogP contribution in [0.3, 0.4) is 0 Å². The minimum absolute atomic E-state index is 0.556. The SMILES string of the molecule is CC(C)c1ccc2c(c1)CC=C2C=O. The van der Waals surface area contributed by atoms with Crippen LogP contribution in [0, 0.1) is 0 Å². The Morgan fingerprint density at radius 2 is 2.14 bits per heavy atom. The average molecular weight is 186 g/mol. The Labute approximate surface area is 84.5 Å². The van der Waals surface area contributed by atoms with Gasteiger partial charge in [0.15, 0.2) is 0 Å². The van der Waals surface area contributed by atoms with Crippen LogP contribution in [-0.2, 0) is 11.2 Å². The highest BCUT2D eigenvalue weighted by molar-refractivity contribution is 6.09. The first-order valence-corrected chi connectivity index (χ1v) is 5.01. The van der Waals surface area contributed by atoms with Gasteiger partial charge < -0.3 is 0 Å². The highest BCUT2D eigenvalue weighted by Gasteiger charge is 2.13. The van der Waals surface area contributed by atoms with Crippen molar-refractivity contribution in [2.24, 2.45) is 0 Å². The summed E-state index contributed by atoms with van der Waals surface area (Å²) in [6.45, 7) is 4.37. The summed E-state index contributed by atoms with van der Waals surface area (Å²) in [5.74, 6) is 0.556. The molecule has 0 N–H and O–H groups in total. The number of hydrogen-bond donors (Lipinski definition) is 0. The molecule has 0 aromatic heterocycles. The van der Waals surface area contributed by atoms with E-state index in [0.717, 1.165) is 23.8 Å². The molecule has 0 saturated heterocycles. The number of aldehydes is 1. The van der Waals surface area contributed by atoms with Crippen LogP contribution >= 0.6 is 0 Å². The van der Waals surface area contributed by atoms with E-state index in [1.165, 1.54) is 11.1 Å². The van der Waals surface area contributed by atoms with Crippen LogP contribution in [0.25, 0.3) is 5.57 Å². The van der Waals surface area contributed by atoms with Crippen LogP contribution in [0.2, 0.25) is 0 Å². The van der Waals surface area contributed by atoms with E-state index in [2.05, 4.69) is 32.0 Å². The molecule has 1 nitrogen and oxygen atoms in total. The normalized spacial score (nSPS) is 14.1. The summed E-state index contributed by atoms with van der Waals surface area (Å²) in [5.41, 5.74) is 4.60. The Kier molecular flexibility index (Phi) is 2.24. The summed E-state index contributed by atoms with van der Waals surface area (Å²) in [5, 5.41) is 0. The second-order valence-electron chi connectivity index (χ2n) is 4.05. The van der Waals surface area contributed by atoms with Crippen LogP contribution in [0.15, 0.2) is 24.3 Å². The van der Waals surface area contributed by atoms with Gasteiger partial charge in [-0.1, -0.05) is 38.1 Å². The summed E-state index contributed by atoms with van der Waals surface area (Å²) in [6, 6.07) is 6.40. The van der Waals surface area contributed by atoms with E-state index in [4.69, 9.17) is 0 Å². The molecule has 0 amide bonds. The Balaban J connectivity index is 2.43. The quantitative estimate of drug-likeness (QED) is 0.649. The zero-order valence-electron chi connectivity index (χ0n) is 8.58. The van der Waals surface area contributed by atoms with Crippen LogP contribution in [-0.4, -0.2) is 6.29 Å². The minimum atomic E-state index is 0.556. The van der Waals surface area contributed by atoms with Crippen LogP contribution in [0.5, 0.6) is 0 Å². The topological polar surface area (TPSA) is 17.1 Å². The molecule has 1 aliphatic carbocycles. The van der Waals surface area contributed by atoms with Gasteiger partial charge in [-0.05, 0) is 29.0 Å². The van der Waals surface area contributed by atoms with Crippen molar-refractivity contribution in [3.63, 3.8) is 0 Å². The van der Waals surface area contributed by atoms with Crippen molar-refractivity contribution in [3.05, 3.63) is 41.0 Å². The number of benzene rings is 1. The molecule has 0 atom stereocenters. The first-order chi connectivity index (χ1) is 6.72. The summed E-state index contributed by atoms with van der Waals surface area (Å²) in [4.78, 5) is 10.7. The lowest BCUT2D eigenvalue weighted by Gasteiger charge is -2.08. The largest absolute Gasteiger partial charge is 0.298 e. The van der Waals surface area contributed by atoms with E-state index in [9.17, 15) is 4.79 Å². The zero-order chi connectivity index (χ0) is 10.1. The number of carbonyl (C=O) groups is 1. The van der Waals surface area contributed by atoms with Gasteiger partial charge in [-0.25, -0.2) is 0 Å². The number of hydrogen-bond acceptors (Lipinski definition) is 1. The fourth-order valence-electron chi connectivity index (χ4n) is 1.86. The monoisotopic (exact) mass is 186 g/mol. The van der Waals surface area contributed by atoms with E-state index >= 15 is 0 Å². The van der Waals surface area contributed by atoms with E-state index < -0.39 is 0 Å². The highest BCUT2D eigenvalue weighted by Crippen LogP contribution is 2.28. The lowest BCUT2D eigenvalue weighted by Crippen LogP contribution is -1.92. The lowest BCUT2D eigenvalue weighted by atomic mass is 9.97. The minimum Gasteiger partial charge on any atom is -0.298 e. The summed E-state index contributed by atoms with van der Waals surface area (Å²) < 4.78 is 0. The lowest BCUT2D eigenvalue weighted by molar-refractivity contribution is -0.103. The van der Waals surface area contributed by atoms with E-state index in [0.29, 0.717) is 5.92 Å². The Bertz CT molecular complexity index is 400. The molecule has 0 spiro atoms. The molecule has 0 unspecified atom stereocenters. The van der Waals surface area contributed by atoms with Gasteiger partial charge in [0, 0.05) is 5.57 Å². The molecular weight excluding hydrogens is 172 g/mol. The fraction of sp³-hybridized carbons (Fsp3) is 0.308. The number of rotatable bonds is 2.